The summed E-state index contributed by atoms with van der Waals surface area (Å²) in [5.41, 5.74) is 4.87. The van der Waals surface area contributed by atoms with Crippen LogP contribution in [-0.2, 0) is 12.7 Å². The van der Waals surface area contributed by atoms with E-state index in [9.17, 15) is 13.2 Å². The molecule has 4 nitrogen and oxygen atoms in total. The number of halogens is 3. The van der Waals surface area contributed by atoms with Crippen LogP contribution in [0.1, 0.15) is 17.8 Å². The summed E-state index contributed by atoms with van der Waals surface area (Å²) in [6, 6.07) is 0.971. The Bertz CT molecular complexity index is 395. The SMILES string of the molecule is Cc1cc(C(F)(F)F)n(CC/C(N)=C\O)n1. The van der Waals surface area contributed by atoms with Crippen molar-refractivity contribution in [1.82, 2.24) is 9.78 Å². The molecule has 0 saturated heterocycles. The van der Waals surface area contributed by atoms with Gasteiger partial charge in [0.05, 0.1) is 12.0 Å². The lowest BCUT2D eigenvalue weighted by Crippen LogP contribution is -2.16. The Kier molecular flexibility index (Phi) is 3.46. The maximum Gasteiger partial charge on any atom is 0.433 e. The van der Waals surface area contributed by atoms with Gasteiger partial charge in [-0.05, 0) is 13.0 Å². The van der Waals surface area contributed by atoms with Gasteiger partial charge in [-0.3, -0.25) is 4.68 Å². The van der Waals surface area contributed by atoms with Gasteiger partial charge in [0, 0.05) is 18.7 Å². The van der Waals surface area contributed by atoms with Gasteiger partial charge < -0.3 is 10.8 Å². The molecule has 16 heavy (non-hydrogen) atoms. The van der Waals surface area contributed by atoms with Crippen LogP contribution in [0.25, 0.3) is 0 Å². The molecule has 0 saturated carbocycles. The Morgan fingerprint density at radius 3 is 2.75 bits per heavy atom. The third kappa shape index (κ3) is 2.91. The fraction of sp³-hybridized carbons (Fsp3) is 0.444. The van der Waals surface area contributed by atoms with E-state index >= 15 is 0 Å². The molecule has 0 aliphatic carbocycles. The topological polar surface area (TPSA) is 64.1 Å². The van der Waals surface area contributed by atoms with E-state index in [2.05, 4.69) is 5.10 Å². The number of hydrogen-bond acceptors (Lipinski definition) is 3. The predicted octanol–water partition coefficient (Wildman–Crippen LogP) is 1.96. The van der Waals surface area contributed by atoms with Crippen molar-refractivity contribution in [3.8, 4) is 0 Å². The zero-order valence-electron chi connectivity index (χ0n) is 8.62. The first-order valence-corrected chi connectivity index (χ1v) is 4.55. The number of hydrogen-bond donors (Lipinski definition) is 2. The highest BCUT2D eigenvalue weighted by Crippen LogP contribution is 2.29. The maximum atomic E-state index is 12.5. The van der Waals surface area contributed by atoms with Gasteiger partial charge in [0.1, 0.15) is 5.69 Å². The third-order valence-corrected chi connectivity index (χ3v) is 1.97. The molecule has 0 aliphatic rings. The molecule has 0 unspecified atom stereocenters. The molecule has 0 aliphatic heterocycles. The van der Waals surface area contributed by atoms with Gasteiger partial charge in [-0.2, -0.15) is 18.3 Å². The number of alkyl halides is 3. The van der Waals surface area contributed by atoms with Crippen LogP contribution in [0.3, 0.4) is 0 Å². The lowest BCUT2D eigenvalue weighted by atomic mass is 10.3. The maximum absolute atomic E-state index is 12.5. The third-order valence-electron chi connectivity index (χ3n) is 1.97. The first-order valence-electron chi connectivity index (χ1n) is 4.55. The molecule has 1 aromatic heterocycles. The molecule has 0 aromatic carbocycles. The van der Waals surface area contributed by atoms with Crippen molar-refractivity contribution >= 4 is 0 Å². The van der Waals surface area contributed by atoms with E-state index in [0.717, 1.165) is 10.7 Å². The van der Waals surface area contributed by atoms with Crippen LogP contribution in [0.4, 0.5) is 13.2 Å². The van der Waals surface area contributed by atoms with Crippen LogP contribution in [0.2, 0.25) is 0 Å². The average molecular weight is 235 g/mol. The molecule has 0 amide bonds. The molecule has 1 heterocycles. The quantitative estimate of drug-likeness (QED) is 0.787. The minimum atomic E-state index is -4.43. The molecule has 0 bridgehead atoms. The highest BCUT2D eigenvalue weighted by atomic mass is 19.4. The van der Waals surface area contributed by atoms with Gasteiger partial charge in [0.25, 0.3) is 0 Å². The molecule has 1 rings (SSSR count). The van der Waals surface area contributed by atoms with E-state index in [1.165, 1.54) is 6.92 Å². The van der Waals surface area contributed by atoms with Crippen molar-refractivity contribution in [3.05, 3.63) is 29.4 Å². The van der Waals surface area contributed by atoms with E-state index in [-0.39, 0.29) is 18.7 Å². The molecule has 0 spiro atoms. The number of nitrogens with two attached hydrogens (primary N) is 1. The van der Waals surface area contributed by atoms with Crippen molar-refractivity contribution in [2.24, 2.45) is 5.73 Å². The van der Waals surface area contributed by atoms with Gasteiger partial charge in [-0.15, -0.1) is 0 Å². The summed E-state index contributed by atoms with van der Waals surface area (Å²) in [5.74, 6) is 0. The Hall–Kier alpha value is -1.66. The summed E-state index contributed by atoms with van der Waals surface area (Å²) in [5, 5.41) is 12.2. The number of aliphatic hydroxyl groups is 1. The molecule has 0 atom stereocenters. The standard InChI is InChI=1S/C9H12F3N3O/c1-6-4-8(9(10,11)12)15(14-6)3-2-7(13)5-16/h4-5,16H,2-3,13H2,1H3/b7-5+. The number of allylic oxidation sites excluding steroid dienone is 1. The van der Waals surface area contributed by atoms with Crippen LogP contribution in [0, 0.1) is 6.92 Å². The van der Waals surface area contributed by atoms with Crippen molar-refractivity contribution in [2.75, 3.05) is 0 Å². The van der Waals surface area contributed by atoms with Gasteiger partial charge in [0.2, 0.25) is 0 Å². The summed E-state index contributed by atoms with van der Waals surface area (Å²) >= 11 is 0. The van der Waals surface area contributed by atoms with Gasteiger partial charge in [-0.1, -0.05) is 0 Å². The lowest BCUT2D eigenvalue weighted by molar-refractivity contribution is -0.144. The Morgan fingerprint density at radius 1 is 1.62 bits per heavy atom. The Labute approximate surface area is 90.2 Å². The monoisotopic (exact) mass is 235 g/mol. The molecule has 1 aromatic rings. The van der Waals surface area contributed by atoms with Gasteiger partial charge in [0.15, 0.2) is 0 Å². The summed E-state index contributed by atoms with van der Waals surface area (Å²) < 4.78 is 38.4. The number of aromatic nitrogens is 2. The molecule has 3 N–H and O–H groups in total. The van der Waals surface area contributed by atoms with Crippen molar-refractivity contribution in [1.29, 1.82) is 0 Å². The molecule has 90 valence electrons. The lowest BCUT2D eigenvalue weighted by Gasteiger charge is -2.09. The average Bonchev–Trinajstić information content (AvgIpc) is 2.55. The number of nitrogens with zero attached hydrogens (tertiary/aromatic N) is 2. The first-order chi connectivity index (χ1) is 7.34. The van der Waals surface area contributed by atoms with Crippen molar-refractivity contribution < 1.29 is 18.3 Å². The van der Waals surface area contributed by atoms with Crippen LogP contribution in [-0.4, -0.2) is 14.9 Å². The van der Waals surface area contributed by atoms with E-state index in [1.807, 2.05) is 0 Å². The van der Waals surface area contributed by atoms with Crippen molar-refractivity contribution in [2.45, 2.75) is 26.1 Å². The first kappa shape index (κ1) is 12.4. The van der Waals surface area contributed by atoms with E-state index in [0.29, 0.717) is 12.0 Å². The number of aliphatic hydroxyl groups excluding tert-OH is 1. The molecular weight excluding hydrogens is 223 g/mol. The van der Waals surface area contributed by atoms with Crippen LogP contribution >= 0.6 is 0 Å². The summed E-state index contributed by atoms with van der Waals surface area (Å²) in [6.45, 7) is 1.46. The fourth-order valence-electron chi connectivity index (χ4n) is 1.24. The minimum absolute atomic E-state index is 0.0222. The normalized spacial score (nSPS) is 13.1. The Balaban J connectivity index is 2.88. The largest absolute Gasteiger partial charge is 0.514 e. The number of aryl methyl sites for hydroxylation is 2. The highest BCUT2D eigenvalue weighted by molar-refractivity contribution is 5.12. The van der Waals surface area contributed by atoms with E-state index in [4.69, 9.17) is 10.8 Å². The Morgan fingerprint density at radius 2 is 2.25 bits per heavy atom. The summed E-state index contributed by atoms with van der Waals surface area (Å²) in [4.78, 5) is 0. The second-order valence-corrected chi connectivity index (χ2v) is 3.35. The van der Waals surface area contributed by atoms with Gasteiger partial charge in [-0.25, -0.2) is 0 Å². The van der Waals surface area contributed by atoms with Crippen LogP contribution in [0.5, 0.6) is 0 Å². The molecule has 0 radical (unpaired) electrons. The predicted molar refractivity (Wildman–Crippen MR) is 51.5 cm³/mol. The van der Waals surface area contributed by atoms with Crippen molar-refractivity contribution in [3.63, 3.8) is 0 Å². The second kappa shape index (κ2) is 4.46. The smallest absolute Gasteiger partial charge is 0.433 e. The van der Waals surface area contributed by atoms with E-state index < -0.39 is 11.9 Å². The fourth-order valence-corrected chi connectivity index (χ4v) is 1.24. The van der Waals surface area contributed by atoms with Crippen LogP contribution in [0.15, 0.2) is 18.0 Å². The van der Waals surface area contributed by atoms with E-state index in [1.54, 1.807) is 0 Å². The molecular formula is C9H12F3N3O. The zero-order chi connectivity index (χ0) is 12.3. The van der Waals surface area contributed by atoms with Gasteiger partial charge >= 0.3 is 6.18 Å². The molecule has 0 fully saturated rings. The highest BCUT2D eigenvalue weighted by Gasteiger charge is 2.35. The second-order valence-electron chi connectivity index (χ2n) is 3.35. The minimum Gasteiger partial charge on any atom is -0.514 e. The van der Waals surface area contributed by atoms with Crippen LogP contribution < -0.4 is 5.73 Å². The summed E-state index contributed by atoms with van der Waals surface area (Å²) in [7, 11) is 0. The zero-order valence-corrected chi connectivity index (χ0v) is 8.62. The summed E-state index contributed by atoms with van der Waals surface area (Å²) in [6.07, 6.45) is -3.65. The molecule has 7 heteroatoms. The number of rotatable bonds is 3.